The Bertz CT molecular complexity index is 130. The second kappa shape index (κ2) is 4.46. The molecule has 1 unspecified atom stereocenters. The van der Waals surface area contributed by atoms with E-state index in [9.17, 15) is 4.79 Å². The van der Waals surface area contributed by atoms with Crippen LogP contribution in [0.4, 0.5) is 0 Å². The number of rotatable bonds is 3. The van der Waals surface area contributed by atoms with Crippen molar-refractivity contribution >= 4 is 5.78 Å². The van der Waals surface area contributed by atoms with Gasteiger partial charge >= 0.3 is 0 Å². The Labute approximate surface area is 67.1 Å². The lowest BCUT2D eigenvalue weighted by atomic mass is 10.1. The highest BCUT2D eigenvalue weighted by atomic mass is 16.5. The molecule has 0 radical (unpaired) electrons. The van der Waals surface area contributed by atoms with Crippen molar-refractivity contribution in [3.63, 3.8) is 0 Å². The molecule has 1 heterocycles. The molecule has 0 bridgehead atoms. The van der Waals surface area contributed by atoms with Gasteiger partial charge in [-0.05, 0) is 26.3 Å². The number of nitrogens with one attached hydrogen (secondary N) is 1. The Morgan fingerprint density at radius 2 is 2.45 bits per heavy atom. The Morgan fingerprint density at radius 1 is 1.64 bits per heavy atom. The molecule has 1 aliphatic rings. The van der Waals surface area contributed by atoms with Gasteiger partial charge in [0.25, 0.3) is 0 Å². The van der Waals surface area contributed by atoms with E-state index in [2.05, 4.69) is 5.32 Å². The summed E-state index contributed by atoms with van der Waals surface area (Å²) in [7, 11) is 1.78. The number of ether oxygens (including phenoxy) is 1. The third kappa shape index (κ3) is 2.60. The van der Waals surface area contributed by atoms with Gasteiger partial charge in [0.15, 0.2) is 5.78 Å². The molecule has 0 aromatic rings. The topological polar surface area (TPSA) is 38.3 Å². The number of likely N-dealkylation sites (N-methyl/N-ethyl adjacent to an activating group) is 1. The van der Waals surface area contributed by atoms with Crippen molar-refractivity contribution in [2.75, 3.05) is 20.2 Å². The predicted molar refractivity (Wildman–Crippen MR) is 42.5 cm³/mol. The van der Waals surface area contributed by atoms with E-state index in [1.807, 2.05) is 0 Å². The minimum absolute atomic E-state index is 0.129. The van der Waals surface area contributed by atoms with Crippen LogP contribution in [0.2, 0.25) is 0 Å². The fourth-order valence-electron chi connectivity index (χ4n) is 1.28. The number of hydrogen-bond acceptors (Lipinski definition) is 3. The molecule has 0 aromatic carbocycles. The van der Waals surface area contributed by atoms with Gasteiger partial charge in [-0.15, -0.1) is 0 Å². The van der Waals surface area contributed by atoms with Crippen molar-refractivity contribution in [3.05, 3.63) is 0 Å². The molecule has 1 rings (SSSR count). The zero-order valence-electron chi connectivity index (χ0n) is 6.93. The van der Waals surface area contributed by atoms with Gasteiger partial charge < -0.3 is 10.1 Å². The van der Waals surface area contributed by atoms with Gasteiger partial charge in [-0.1, -0.05) is 0 Å². The second-order valence-corrected chi connectivity index (χ2v) is 2.85. The molecule has 0 spiro atoms. The average molecular weight is 157 g/mol. The number of Topliss-reactive ketones (excluding diaryl/α,β-unsaturated/α-hetero) is 1. The Kier molecular flexibility index (Phi) is 3.52. The summed E-state index contributed by atoms with van der Waals surface area (Å²) in [5.41, 5.74) is 0. The first-order chi connectivity index (χ1) is 5.34. The second-order valence-electron chi connectivity index (χ2n) is 2.85. The van der Waals surface area contributed by atoms with Gasteiger partial charge in [0.05, 0.1) is 6.54 Å². The van der Waals surface area contributed by atoms with Crippen molar-refractivity contribution in [2.45, 2.75) is 25.4 Å². The summed E-state index contributed by atoms with van der Waals surface area (Å²) in [5.74, 6) is 0.187. The highest BCUT2D eigenvalue weighted by molar-refractivity contribution is 5.85. The minimum atomic E-state index is -0.129. The monoisotopic (exact) mass is 157 g/mol. The first-order valence-corrected chi connectivity index (χ1v) is 4.13. The van der Waals surface area contributed by atoms with E-state index >= 15 is 0 Å². The molecular formula is C8H15NO2. The van der Waals surface area contributed by atoms with Crippen LogP contribution in [0, 0.1) is 0 Å². The third-order valence-electron chi connectivity index (χ3n) is 1.89. The number of carbonyl (C=O) groups is 1. The van der Waals surface area contributed by atoms with Gasteiger partial charge in [0, 0.05) is 6.61 Å². The van der Waals surface area contributed by atoms with Crippen molar-refractivity contribution in [1.82, 2.24) is 5.32 Å². The summed E-state index contributed by atoms with van der Waals surface area (Å²) in [5, 5.41) is 2.84. The van der Waals surface area contributed by atoms with Crippen LogP contribution in [0.25, 0.3) is 0 Å². The molecule has 1 fully saturated rings. The van der Waals surface area contributed by atoms with Crippen LogP contribution in [0.15, 0.2) is 0 Å². The van der Waals surface area contributed by atoms with E-state index in [0.717, 1.165) is 25.9 Å². The highest BCUT2D eigenvalue weighted by Gasteiger charge is 2.20. The average Bonchev–Trinajstić information content (AvgIpc) is 2.07. The lowest BCUT2D eigenvalue weighted by molar-refractivity contribution is -0.132. The molecule has 1 atom stereocenters. The Morgan fingerprint density at radius 3 is 3.00 bits per heavy atom. The van der Waals surface area contributed by atoms with Crippen LogP contribution in [0.3, 0.4) is 0 Å². The SMILES string of the molecule is CNCC(=O)C1CCCCO1. The molecule has 0 amide bonds. The molecule has 3 heteroatoms. The Hall–Kier alpha value is -0.410. The largest absolute Gasteiger partial charge is 0.370 e. The molecule has 1 aliphatic heterocycles. The van der Waals surface area contributed by atoms with Crippen molar-refractivity contribution in [2.24, 2.45) is 0 Å². The van der Waals surface area contributed by atoms with Crippen molar-refractivity contribution < 1.29 is 9.53 Å². The predicted octanol–water partition coefficient (Wildman–Crippen LogP) is 0.344. The first-order valence-electron chi connectivity index (χ1n) is 4.13. The van der Waals surface area contributed by atoms with E-state index in [-0.39, 0.29) is 11.9 Å². The fourth-order valence-corrected chi connectivity index (χ4v) is 1.28. The van der Waals surface area contributed by atoms with E-state index in [0.29, 0.717) is 6.54 Å². The van der Waals surface area contributed by atoms with Crippen LogP contribution in [-0.2, 0) is 9.53 Å². The summed E-state index contributed by atoms with van der Waals surface area (Å²) in [4.78, 5) is 11.2. The summed E-state index contributed by atoms with van der Waals surface area (Å²) in [6, 6.07) is 0. The number of carbonyl (C=O) groups excluding carboxylic acids is 1. The van der Waals surface area contributed by atoms with Crippen molar-refractivity contribution in [3.8, 4) is 0 Å². The van der Waals surface area contributed by atoms with Crippen LogP contribution >= 0.6 is 0 Å². The molecule has 64 valence electrons. The number of ketones is 1. The minimum Gasteiger partial charge on any atom is -0.370 e. The number of hydrogen-bond donors (Lipinski definition) is 1. The quantitative estimate of drug-likeness (QED) is 0.642. The molecule has 0 aliphatic carbocycles. The summed E-state index contributed by atoms with van der Waals surface area (Å²) >= 11 is 0. The van der Waals surface area contributed by atoms with E-state index in [1.165, 1.54) is 0 Å². The Balaban J connectivity index is 2.27. The van der Waals surface area contributed by atoms with Gasteiger partial charge in [-0.2, -0.15) is 0 Å². The first kappa shape index (κ1) is 8.68. The van der Waals surface area contributed by atoms with Crippen LogP contribution in [-0.4, -0.2) is 32.1 Å². The van der Waals surface area contributed by atoms with Gasteiger partial charge in [0.1, 0.15) is 6.10 Å². The zero-order chi connectivity index (χ0) is 8.10. The molecule has 1 saturated heterocycles. The standard InChI is InChI=1S/C8H15NO2/c1-9-6-7(10)8-4-2-3-5-11-8/h8-9H,2-6H2,1H3. The van der Waals surface area contributed by atoms with E-state index in [4.69, 9.17) is 4.74 Å². The normalized spacial score (nSPS) is 25.0. The zero-order valence-corrected chi connectivity index (χ0v) is 6.93. The molecular weight excluding hydrogens is 142 g/mol. The van der Waals surface area contributed by atoms with E-state index in [1.54, 1.807) is 7.05 Å². The molecule has 11 heavy (non-hydrogen) atoms. The fraction of sp³-hybridized carbons (Fsp3) is 0.875. The lowest BCUT2D eigenvalue weighted by Gasteiger charge is -2.20. The molecule has 1 N–H and O–H groups in total. The third-order valence-corrected chi connectivity index (χ3v) is 1.89. The van der Waals surface area contributed by atoms with Crippen LogP contribution < -0.4 is 5.32 Å². The molecule has 3 nitrogen and oxygen atoms in total. The maximum absolute atomic E-state index is 11.2. The van der Waals surface area contributed by atoms with Crippen LogP contribution in [0.5, 0.6) is 0 Å². The van der Waals surface area contributed by atoms with Gasteiger partial charge in [0.2, 0.25) is 0 Å². The maximum Gasteiger partial charge on any atom is 0.175 e. The van der Waals surface area contributed by atoms with Crippen molar-refractivity contribution in [1.29, 1.82) is 0 Å². The lowest BCUT2D eigenvalue weighted by Crippen LogP contribution is -2.34. The van der Waals surface area contributed by atoms with E-state index < -0.39 is 0 Å². The molecule has 0 saturated carbocycles. The van der Waals surface area contributed by atoms with Crippen LogP contribution in [0.1, 0.15) is 19.3 Å². The van der Waals surface area contributed by atoms with Gasteiger partial charge in [-0.25, -0.2) is 0 Å². The maximum atomic E-state index is 11.2. The van der Waals surface area contributed by atoms with Gasteiger partial charge in [-0.3, -0.25) is 4.79 Å². The summed E-state index contributed by atoms with van der Waals surface area (Å²) in [6.07, 6.45) is 3.00. The molecule has 0 aromatic heterocycles. The smallest absolute Gasteiger partial charge is 0.175 e. The summed E-state index contributed by atoms with van der Waals surface area (Å²) < 4.78 is 5.30. The summed E-state index contributed by atoms with van der Waals surface area (Å²) in [6.45, 7) is 1.19. The highest BCUT2D eigenvalue weighted by Crippen LogP contribution is 2.12.